The van der Waals surface area contributed by atoms with Crippen molar-refractivity contribution in [2.24, 2.45) is 0 Å². The van der Waals surface area contributed by atoms with E-state index in [4.69, 9.17) is 0 Å². The van der Waals surface area contributed by atoms with Crippen LogP contribution in [0.15, 0.2) is 0 Å². The maximum atomic E-state index is 2.44. The van der Waals surface area contributed by atoms with E-state index in [1.54, 1.807) is 0 Å². The van der Waals surface area contributed by atoms with E-state index in [1.807, 2.05) is 0 Å². The molecule has 0 unspecified atom stereocenters. The van der Waals surface area contributed by atoms with Gasteiger partial charge in [0.25, 0.3) is 0 Å². The second-order valence-electron chi connectivity index (χ2n) is 4.45. The number of hydrogen-bond acceptors (Lipinski definition) is 1. The maximum Gasteiger partial charge on any atom is 0.0914 e. The van der Waals surface area contributed by atoms with Crippen molar-refractivity contribution in [3.05, 3.63) is 0 Å². The summed E-state index contributed by atoms with van der Waals surface area (Å²) >= 11 is 0. The third-order valence-corrected chi connectivity index (χ3v) is 3.09. The van der Waals surface area contributed by atoms with Crippen molar-refractivity contribution in [2.45, 2.75) is 19.8 Å². The minimum absolute atomic E-state index is 1.28. The molecule has 1 fully saturated rings. The van der Waals surface area contributed by atoms with Crippen molar-refractivity contribution in [1.82, 2.24) is 4.90 Å². The molecule has 0 bridgehead atoms. The number of piperazine rings is 1. The first-order chi connectivity index (χ1) is 5.66. The maximum absolute atomic E-state index is 2.44. The van der Waals surface area contributed by atoms with E-state index in [0.717, 1.165) is 0 Å². The topological polar surface area (TPSA) is 3.24 Å². The van der Waals surface area contributed by atoms with Crippen molar-refractivity contribution in [3.8, 4) is 0 Å². The average Bonchev–Trinajstić information content (AvgIpc) is 2.08. The van der Waals surface area contributed by atoms with E-state index in [2.05, 4.69) is 25.9 Å². The lowest BCUT2D eigenvalue weighted by atomic mass is 10.2. The molecule has 0 aromatic rings. The normalized spacial score (nSPS) is 24.2. The molecule has 0 aromatic carbocycles. The van der Waals surface area contributed by atoms with Crippen LogP contribution in [0.25, 0.3) is 0 Å². The van der Waals surface area contributed by atoms with E-state index < -0.39 is 0 Å². The van der Waals surface area contributed by atoms with Gasteiger partial charge in [-0.05, 0) is 13.5 Å². The Morgan fingerprint density at radius 1 is 1.25 bits per heavy atom. The summed E-state index contributed by atoms with van der Waals surface area (Å²) in [6.45, 7) is 8.90. The molecule has 1 heterocycles. The summed E-state index contributed by atoms with van der Waals surface area (Å²) in [5.41, 5.74) is 0. The van der Waals surface area contributed by atoms with E-state index in [0.29, 0.717) is 0 Å². The highest BCUT2D eigenvalue weighted by Crippen LogP contribution is 2.10. The number of unbranched alkanes of at least 4 members (excludes halogenated alkanes) is 1. The second kappa shape index (κ2) is 4.24. The SMILES string of the molecule is CCCC[N+]1(C)CCN(C)CC1. The summed E-state index contributed by atoms with van der Waals surface area (Å²) in [5.74, 6) is 0. The number of rotatable bonds is 3. The van der Waals surface area contributed by atoms with Crippen LogP contribution in [-0.4, -0.2) is 56.2 Å². The van der Waals surface area contributed by atoms with Crippen molar-refractivity contribution in [3.63, 3.8) is 0 Å². The third kappa shape index (κ3) is 2.76. The van der Waals surface area contributed by atoms with Gasteiger partial charge in [-0.1, -0.05) is 13.3 Å². The van der Waals surface area contributed by atoms with Gasteiger partial charge < -0.3 is 4.48 Å². The Morgan fingerprint density at radius 2 is 1.83 bits per heavy atom. The predicted octanol–water partition coefficient (Wildman–Crippen LogP) is 1.18. The lowest BCUT2D eigenvalue weighted by Crippen LogP contribution is -2.56. The van der Waals surface area contributed by atoms with Gasteiger partial charge in [-0.15, -0.1) is 0 Å². The summed E-state index contributed by atoms with van der Waals surface area (Å²) in [4.78, 5) is 2.44. The predicted molar refractivity (Wildman–Crippen MR) is 53.2 cm³/mol. The van der Waals surface area contributed by atoms with E-state index in [-0.39, 0.29) is 0 Å². The summed E-state index contributed by atoms with van der Waals surface area (Å²) in [7, 11) is 4.63. The highest BCUT2D eigenvalue weighted by Gasteiger charge is 2.25. The number of nitrogens with zero attached hydrogens (tertiary/aromatic N) is 2. The molecule has 1 aliphatic heterocycles. The summed E-state index contributed by atoms with van der Waals surface area (Å²) in [6.07, 6.45) is 2.73. The van der Waals surface area contributed by atoms with Gasteiger partial charge in [0.15, 0.2) is 0 Å². The molecule has 12 heavy (non-hydrogen) atoms. The minimum atomic E-state index is 1.28. The fourth-order valence-electron chi connectivity index (χ4n) is 1.81. The molecule has 0 aromatic heterocycles. The molecule has 0 spiro atoms. The van der Waals surface area contributed by atoms with Crippen LogP contribution in [0.2, 0.25) is 0 Å². The average molecular weight is 171 g/mol. The highest BCUT2D eigenvalue weighted by atomic mass is 15.4. The fourth-order valence-corrected chi connectivity index (χ4v) is 1.81. The zero-order valence-electron chi connectivity index (χ0n) is 8.84. The van der Waals surface area contributed by atoms with Crippen LogP contribution >= 0.6 is 0 Å². The van der Waals surface area contributed by atoms with E-state index >= 15 is 0 Å². The summed E-state index contributed by atoms with van der Waals surface area (Å²) in [6, 6.07) is 0. The molecule has 2 nitrogen and oxygen atoms in total. The van der Waals surface area contributed by atoms with Crippen LogP contribution < -0.4 is 0 Å². The molecule has 0 atom stereocenters. The smallest absolute Gasteiger partial charge is 0.0914 e. The molecular formula is C10H23N2+. The third-order valence-electron chi connectivity index (χ3n) is 3.09. The van der Waals surface area contributed by atoms with Gasteiger partial charge in [0.2, 0.25) is 0 Å². The zero-order chi connectivity index (χ0) is 9.03. The van der Waals surface area contributed by atoms with E-state index in [9.17, 15) is 0 Å². The summed E-state index contributed by atoms with van der Waals surface area (Å²) < 4.78 is 1.30. The van der Waals surface area contributed by atoms with Gasteiger partial charge in [-0.2, -0.15) is 0 Å². The lowest BCUT2D eigenvalue weighted by molar-refractivity contribution is -0.913. The van der Waals surface area contributed by atoms with Crippen molar-refractivity contribution in [1.29, 1.82) is 0 Å². The van der Waals surface area contributed by atoms with Gasteiger partial charge in [-0.3, -0.25) is 4.90 Å². The Morgan fingerprint density at radius 3 is 2.33 bits per heavy atom. The van der Waals surface area contributed by atoms with Crippen LogP contribution in [0, 0.1) is 0 Å². The van der Waals surface area contributed by atoms with Crippen molar-refractivity contribution in [2.75, 3.05) is 46.8 Å². The standard InChI is InChI=1S/C10H23N2/c1-4-5-8-12(3)9-6-11(2)7-10-12/h4-10H2,1-3H3/q+1. The Balaban J connectivity index is 2.29. The Bertz CT molecular complexity index is 120. The van der Waals surface area contributed by atoms with Gasteiger partial charge in [0, 0.05) is 13.1 Å². The lowest BCUT2D eigenvalue weighted by Gasteiger charge is -2.41. The zero-order valence-corrected chi connectivity index (χ0v) is 8.84. The van der Waals surface area contributed by atoms with Crippen LogP contribution in [0.3, 0.4) is 0 Å². The highest BCUT2D eigenvalue weighted by molar-refractivity contribution is 4.57. The Labute approximate surface area is 76.7 Å². The van der Waals surface area contributed by atoms with Gasteiger partial charge in [0.1, 0.15) is 0 Å². The molecule has 0 N–H and O–H groups in total. The molecule has 1 rings (SSSR count). The monoisotopic (exact) mass is 171 g/mol. The summed E-state index contributed by atoms with van der Waals surface area (Å²) in [5, 5.41) is 0. The molecule has 1 saturated heterocycles. The molecular weight excluding hydrogens is 148 g/mol. The first kappa shape index (κ1) is 10.0. The Kier molecular flexibility index (Phi) is 3.53. The number of likely N-dealkylation sites (N-methyl/N-ethyl adjacent to an activating group) is 2. The van der Waals surface area contributed by atoms with Crippen molar-refractivity contribution >= 4 is 0 Å². The van der Waals surface area contributed by atoms with Gasteiger partial charge in [0.05, 0.1) is 26.7 Å². The largest absolute Gasteiger partial charge is 0.324 e. The first-order valence-electron chi connectivity index (χ1n) is 5.18. The van der Waals surface area contributed by atoms with Crippen molar-refractivity contribution < 1.29 is 4.48 Å². The molecule has 2 heteroatoms. The minimum Gasteiger partial charge on any atom is -0.324 e. The number of quaternary nitrogens is 1. The molecule has 0 aliphatic carbocycles. The molecule has 1 aliphatic rings. The second-order valence-corrected chi connectivity index (χ2v) is 4.45. The van der Waals surface area contributed by atoms with Crippen LogP contribution in [0.4, 0.5) is 0 Å². The van der Waals surface area contributed by atoms with Gasteiger partial charge in [-0.25, -0.2) is 0 Å². The van der Waals surface area contributed by atoms with Crippen LogP contribution in [0.1, 0.15) is 19.8 Å². The van der Waals surface area contributed by atoms with Crippen LogP contribution in [-0.2, 0) is 0 Å². The molecule has 0 amide bonds. The van der Waals surface area contributed by atoms with E-state index in [1.165, 1.54) is 50.0 Å². The quantitative estimate of drug-likeness (QED) is 0.576. The molecule has 0 saturated carbocycles. The Hall–Kier alpha value is -0.0800. The van der Waals surface area contributed by atoms with Crippen LogP contribution in [0.5, 0.6) is 0 Å². The fraction of sp³-hybridized carbons (Fsp3) is 1.00. The number of hydrogen-bond donors (Lipinski definition) is 0. The molecule has 72 valence electrons. The van der Waals surface area contributed by atoms with Gasteiger partial charge >= 0.3 is 0 Å². The molecule has 0 radical (unpaired) electrons. The first-order valence-corrected chi connectivity index (χ1v) is 5.18.